The lowest BCUT2D eigenvalue weighted by Gasteiger charge is -2.17. The second-order valence-corrected chi connectivity index (χ2v) is 7.50. The number of nitrogens with two attached hydrogens (primary N) is 1. The molecule has 7 nitrogen and oxygen atoms in total. The fraction of sp³-hybridized carbons (Fsp3) is 0.320. The van der Waals surface area contributed by atoms with E-state index in [0.29, 0.717) is 29.8 Å². The number of anilines is 1. The monoisotopic (exact) mass is 432 g/mol. The zero-order chi connectivity index (χ0) is 22.9. The van der Waals surface area contributed by atoms with Crippen LogP contribution in [0.3, 0.4) is 0 Å². The van der Waals surface area contributed by atoms with E-state index in [2.05, 4.69) is 17.2 Å². The predicted molar refractivity (Wildman–Crippen MR) is 125 cm³/mol. The van der Waals surface area contributed by atoms with Crippen molar-refractivity contribution >= 4 is 23.4 Å². The Morgan fingerprint density at radius 1 is 1.16 bits per heavy atom. The standard InChI is InChI=1S/C25H28N4O3/c1-2-32-23(30)17-20-16-18(7-12-22(20)25(31)29-14-3-4-15-29)6-5-13-28-21-10-8-19(9-11-21)24(26)27/h7-12,16,28H,2-4,13-15,17H2,1H3,(H3,26,27). The summed E-state index contributed by atoms with van der Waals surface area (Å²) in [6.07, 6.45) is 2.05. The minimum absolute atomic E-state index is 0.0293. The Kier molecular flexibility index (Phi) is 7.87. The first-order valence-corrected chi connectivity index (χ1v) is 10.7. The molecule has 0 aromatic heterocycles. The molecule has 4 N–H and O–H groups in total. The molecule has 0 spiro atoms. The number of amides is 1. The molecule has 32 heavy (non-hydrogen) atoms. The summed E-state index contributed by atoms with van der Waals surface area (Å²) in [6.45, 7) is 3.97. The van der Waals surface area contributed by atoms with Crippen LogP contribution in [0.2, 0.25) is 0 Å². The van der Waals surface area contributed by atoms with Crippen LogP contribution in [-0.4, -0.2) is 48.9 Å². The van der Waals surface area contributed by atoms with Gasteiger partial charge in [-0.1, -0.05) is 11.8 Å². The number of nitrogens with zero attached hydrogens (tertiary/aromatic N) is 1. The number of nitrogens with one attached hydrogen (secondary N) is 2. The van der Waals surface area contributed by atoms with Crippen LogP contribution in [0.25, 0.3) is 0 Å². The van der Waals surface area contributed by atoms with Gasteiger partial charge in [0.05, 0.1) is 19.6 Å². The van der Waals surface area contributed by atoms with Crippen LogP contribution in [0.15, 0.2) is 42.5 Å². The number of rotatable bonds is 7. The number of likely N-dealkylation sites (tertiary alicyclic amines) is 1. The molecule has 2 aromatic carbocycles. The first-order chi connectivity index (χ1) is 15.5. The lowest BCUT2D eigenvalue weighted by molar-refractivity contribution is -0.142. The largest absolute Gasteiger partial charge is 0.466 e. The number of ether oxygens (including phenoxy) is 1. The lowest BCUT2D eigenvalue weighted by Crippen LogP contribution is -2.29. The molecular weight excluding hydrogens is 404 g/mol. The van der Waals surface area contributed by atoms with Gasteiger partial charge in [0.2, 0.25) is 0 Å². The Balaban J connectivity index is 1.71. The molecule has 0 atom stereocenters. The number of esters is 1. The predicted octanol–water partition coefficient (Wildman–Crippen LogP) is 2.78. The molecule has 0 radical (unpaired) electrons. The topological polar surface area (TPSA) is 109 Å². The van der Waals surface area contributed by atoms with Gasteiger partial charge in [-0.25, -0.2) is 0 Å². The highest BCUT2D eigenvalue weighted by Crippen LogP contribution is 2.19. The molecule has 1 fully saturated rings. The maximum absolute atomic E-state index is 12.9. The quantitative estimate of drug-likeness (QED) is 0.270. The van der Waals surface area contributed by atoms with E-state index in [1.165, 1.54) is 0 Å². The number of carbonyl (C=O) groups excluding carboxylic acids is 2. The lowest BCUT2D eigenvalue weighted by atomic mass is 10.00. The van der Waals surface area contributed by atoms with Crippen LogP contribution < -0.4 is 11.1 Å². The third-order valence-electron chi connectivity index (χ3n) is 5.18. The van der Waals surface area contributed by atoms with E-state index >= 15 is 0 Å². The van der Waals surface area contributed by atoms with Crippen LogP contribution in [0.5, 0.6) is 0 Å². The van der Waals surface area contributed by atoms with Gasteiger partial charge in [0.15, 0.2) is 0 Å². The highest BCUT2D eigenvalue weighted by molar-refractivity contribution is 5.97. The van der Waals surface area contributed by atoms with E-state index in [-0.39, 0.29) is 24.1 Å². The fourth-order valence-corrected chi connectivity index (χ4v) is 3.54. The molecule has 1 aliphatic rings. The van der Waals surface area contributed by atoms with Crippen molar-refractivity contribution in [3.05, 3.63) is 64.7 Å². The van der Waals surface area contributed by atoms with Crippen molar-refractivity contribution < 1.29 is 14.3 Å². The molecule has 0 aliphatic carbocycles. The molecule has 7 heteroatoms. The minimum atomic E-state index is -0.358. The summed E-state index contributed by atoms with van der Waals surface area (Å²) in [5.41, 5.74) is 8.91. The summed E-state index contributed by atoms with van der Waals surface area (Å²) >= 11 is 0. The summed E-state index contributed by atoms with van der Waals surface area (Å²) in [5, 5.41) is 10.6. The third kappa shape index (κ3) is 6.11. The van der Waals surface area contributed by atoms with Crippen LogP contribution in [0.1, 0.15) is 46.8 Å². The summed E-state index contributed by atoms with van der Waals surface area (Å²) in [4.78, 5) is 26.8. The fourth-order valence-electron chi connectivity index (χ4n) is 3.54. The smallest absolute Gasteiger partial charge is 0.310 e. The molecule has 1 amide bonds. The van der Waals surface area contributed by atoms with E-state index in [9.17, 15) is 9.59 Å². The van der Waals surface area contributed by atoms with Crippen LogP contribution >= 0.6 is 0 Å². The Morgan fingerprint density at radius 2 is 1.88 bits per heavy atom. The Bertz CT molecular complexity index is 1050. The van der Waals surface area contributed by atoms with Crippen molar-refractivity contribution in [2.75, 3.05) is 31.6 Å². The minimum Gasteiger partial charge on any atom is -0.466 e. The van der Waals surface area contributed by atoms with Crippen molar-refractivity contribution in [3.8, 4) is 11.8 Å². The summed E-state index contributed by atoms with van der Waals surface area (Å²) in [5.74, 6) is 5.77. The Hall–Kier alpha value is -3.79. The SMILES string of the molecule is CCOC(=O)Cc1cc(C#CCNc2ccc(C(=N)N)cc2)ccc1C(=O)N1CCCC1. The van der Waals surface area contributed by atoms with Gasteiger partial charge >= 0.3 is 5.97 Å². The summed E-state index contributed by atoms with van der Waals surface area (Å²) in [7, 11) is 0. The third-order valence-corrected chi connectivity index (χ3v) is 5.18. The number of hydrogen-bond donors (Lipinski definition) is 3. The molecule has 1 saturated heterocycles. The Labute approximate surface area is 188 Å². The second-order valence-electron chi connectivity index (χ2n) is 7.50. The van der Waals surface area contributed by atoms with Gasteiger partial charge in [-0.3, -0.25) is 15.0 Å². The number of benzene rings is 2. The van der Waals surface area contributed by atoms with Gasteiger partial charge in [-0.2, -0.15) is 0 Å². The zero-order valence-corrected chi connectivity index (χ0v) is 18.2. The second kappa shape index (κ2) is 11.0. The number of amidine groups is 1. The number of hydrogen-bond acceptors (Lipinski definition) is 5. The van der Waals surface area contributed by atoms with E-state index in [0.717, 1.165) is 37.2 Å². The summed E-state index contributed by atoms with van der Waals surface area (Å²) < 4.78 is 5.09. The molecular formula is C25H28N4O3. The van der Waals surface area contributed by atoms with E-state index < -0.39 is 0 Å². The van der Waals surface area contributed by atoms with E-state index in [4.69, 9.17) is 15.9 Å². The zero-order valence-electron chi connectivity index (χ0n) is 18.2. The van der Waals surface area contributed by atoms with Crippen molar-refractivity contribution in [1.82, 2.24) is 4.90 Å². The Morgan fingerprint density at radius 3 is 2.53 bits per heavy atom. The molecule has 166 valence electrons. The molecule has 0 saturated carbocycles. The average molecular weight is 433 g/mol. The molecule has 2 aromatic rings. The first-order valence-electron chi connectivity index (χ1n) is 10.7. The maximum atomic E-state index is 12.9. The van der Waals surface area contributed by atoms with Crippen LogP contribution in [0, 0.1) is 17.3 Å². The van der Waals surface area contributed by atoms with Gasteiger partial charge in [-0.15, -0.1) is 0 Å². The first kappa shape index (κ1) is 22.9. The molecule has 3 rings (SSSR count). The molecule has 0 unspecified atom stereocenters. The molecule has 1 heterocycles. The van der Waals surface area contributed by atoms with Crippen LogP contribution in [0.4, 0.5) is 5.69 Å². The number of nitrogen functional groups attached to an aromatic ring is 1. The maximum Gasteiger partial charge on any atom is 0.310 e. The highest BCUT2D eigenvalue weighted by atomic mass is 16.5. The van der Waals surface area contributed by atoms with E-state index in [1.807, 2.05) is 23.1 Å². The van der Waals surface area contributed by atoms with Gasteiger partial charge < -0.3 is 20.7 Å². The van der Waals surface area contributed by atoms with Crippen molar-refractivity contribution in [1.29, 1.82) is 5.41 Å². The van der Waals surface area contributed by atoms with Gasteiger partial charge in [0.25, 0.3) is 5.91 Å². The van der Waals surface area contributed by atoms with Gasteiger partial charge in [-0.05, 0) is 67.8 Å². The van der Waals surface area contributed by atoms with Crippen molar-refractivity contribution in [2.45, 2.75) is 26.2 Å². The van der Waals surface area contributed by atoms with Crippen molar-refractivity contribution in [3.63, 3.8) is 0 Å². The van der Waals surface area contributed by atoms with Gasteiger partial charge in [0.1, 0.15) is 5.84 Å². The van der Waals surface area contributed by atoms with Crippen LogP contribution in [-0.2, 0) is 16.0 Å². The average Bonchev–Trinajstić information content (AvgIpc) is 3.32. The number of carbonyl (C=O) groups is 2. The van der Waals surface area contributed by atoms with Gasteiger partial charge in [0, 0.05) is 35.5 Å². The normalized spacial score (nSPS) is 12.6. The van der Waals surface area contributed by atoms with E-state index in [1.54, 1.807) is 31.2 Å². The molecule has 0 bridgehead atoms. The summed E-state index contributed by atoms with van der Waals surface area (Å²) in [6, 6.07) is 12.6. The highest BCUT2D eigenvalue weighted by Gasteiger charge is 2.23. The van der Waals surface area contributed by atoms with Crippen molar-refractivity contribution in [2.24, 2.45) is 5.73 Å². The molecule has 1 aliphatic heterocycles.